The average molecular weight is 292 g/mol. The number of hydrogen-bond donors (Lipinski definition) is 1. The predicted molar refractivity (Wildman–Crippen MR) is 78.5 cm³/mol. The van der Waals surface area contributed by atoms with E-state index in [1.807, 2.05) is 4.68 Å². The minimum atomic E-state index is -0.0555. The number of hydrogen-bond acceptors (Lipinski definition) is 2. The molecule has 0 aliphatic heterocycles. The smallest absolute Gasteiger partial charge is 0.0863 e. The van der Waals surface area contributed by atoms with Crippen molar-refractivity contribution in [3.63, 3.8) is 0 Å². The maximum absolute atomic E-state index is 6.37. The Morgan fingerprint density at radius 3 is 2.44 bits per heavy atom. The van der Waals surface area contributed by atoms with Crippen molar-refractivity contribution in [1.82, 2.24) is 15.1 Å². The van der Waals surface area contributed by atoms with Gasteiger partial charge in [0.25, 0.3) is 0 Å². The van der Waals surface area contributed by atoms with E-state index < -0.39 is 0 Å². The third-order valence-corrected chi connectivity index (χ3v) is 4.48. The predicted octanol–water partition coefficient (Wildman–Crippen LogP) is 3.62. The third kappa shape index (κ3) is 3.40. The highest BCUT2D eigenvalue weighted by atomic mass is 35.5. The van der Waals surface area contributed by atoms with Crippen molar-refractivity contribution in [1.29, 1.82) is 0 Å². The van der Waals surface area contributed by atoms with E-state index in [9.17, 15) is 0 Å². The lowest BCUT2D eigenvalue weighted by Gasteiger charge is -2.27. The highest BCUT2D eigenvalue weighted by molar-refractivity contribution is 6.31. The number of aryl methyl sites for hydroxylation is 2. The summed E-state index contributed by atoms with van der Waals surface area (Å²) in [6.07, 6.45) is 1.84. The Kier molecular flexibility index (Phi) is 5.96. The lowest BCUT2D eigenvalue weighted by Crippen LogP contribution is -2.43. The Labute approximate surface area is 120 Å². The van der Waals surface area contributed by atoms with Crippen molar-refractivity contribution in [2.24, 2.45) is 0 Å². The number of nitrogens with zero attached hydrogens (tertiary/aromatic N) is 2. The molecule has 1 aromatic heterocycles. The monoisotopic (exact) mass is 291 g/mol. The summed E-state index contributed by atoms with van der Waals surface area (Å²) in [6.45, 7) is 9.94. The van der Waals surface area contributed by atoms with E-state index in [1.165, 1.54) is 0 Å². The summed E-state index contributed by atoms with van der Waals surface area (Å²) >= 11 is 12.4. The van der Waals surface area contributed by atoms with E-state index in [4.69, 9.17) is 23.2 Å². The first-order valence-corrected chi connectivity index (χ1v) is 7.47. The lowest BCUT2D eigenvalue weighted by molar-refractivity contribution is 0.372. The fraction of sp³-hybridized carbons (Fsp3) is 0.769. The lowest BCUT2D eigenvalue weighted by atomic mass is 10.0. The van der Waals surface area contributed by atoms with E-state index >= 15 is 0 Å². The molecule has 0 amide bonds. The van der Waals surface area contributed by atoms with Gasteiger partial charge in [-0.15, -0.1) is 11.6 Å². The Bertz CT molecular complexity index is 384. The largest absolute Gasteiger partial charge is 0.305 e. The van der Waals surface area contributed by atoms with Gasteiger partial charge in [-0.25, -0.2) is 0 Å². The quantitative estimate of drug-likeness (QED) is 0.778. The number of alkyl halides is 1. The zero-order valence-corrected chi connectivity index (χ0v) is 13.2. The van der Waals surface area contributed by atoms with Crippen molar-refractivity contribution in [2.45, 2.75) is 59.2 Å². The fourth-order valence-electron chi connectivity index (χ4n) is 1.75. The topological polar surface area (TPSA) is 29.9 Å². The number of nitrogens with one attached hydrogen (secondary N) is 1. The van der Waals surface area contributed by atoms with Gasteiger partial charge in [0.1, 0.15) is 0 Å². The molecule has 1 atom stereocenters. The van der Waals surface area contributed by atoms with Gasteiger partial charge in [0.05, 0.1) is 16.4 Å². The van der Waals surface area contributed by atoms with Crippen LogP contribution in [-0.4, -0.2) is 21.2 Å². The molecule has 0 bridgehead atoms. The van der Waals surface area contributed by atoms with Crippen LogP contribution < -0.4 is 5.32 Å². The molecule has 1 N–H and O–H groups in total. The Hall–Kier alpha value is -0.250. The molecule has 5 heteroatoms. The first kappa shape index (κ1) is 15.8. The molecule has 104 valence electrons. The Balaban J connectivity index is 2.87. The SMILES string of the molecule is CCc1nn(CC)c(CNC(C)(CC)CCl)c1Cl. The molecule has 1 aromatic rings. The minimum Gasteiger partial charge on any atom is -0.305 e. The number of halogens is 2. The number of aromatic nitrogens is 2. The van der Waals surface area contributed by atoms with E-state index in [1.54, 1.807) is 0 Å². The van der Waals surface area contributed by atoms with Gasteiger partial charge in [-0.1, -0.05) is 25.4 Å². The van der Waals surface area contributed by atoms with E-state index in [0.717, 1.165) is 35.8 Å². The van der Waals surface area contributed by atoms with Crippen LogP contribution in [-0.2, 0) is 19.5 Å². The van der Waals surface area contributed by atoms with Crippen LogP contribution in [0.15, 0.2) is 0 Å². The maximum Gasteiger partial charge on any atom is 0.0863 e. The molecule has 1 unspecified atom stereocenters. The molecule has 1 heterocycles. The van der Waals surface area contributed by atoms with Gasteiger partial charge in [-0.2, -0.15) is 5.10 Å². The summed E-state index contributed by atoms with van der Waals surface area (Å²) in [4.78, 5) is 0. The van der Waals surface area contributed by atoms with Gasteiger partial charge in [0, 0.05) is 24.5 Å². The zero-order chi connectivity index (χ0) is 13.8. The van der Waals surface area contributed by atoms with Crippen molar-refractivity contribution < 1.29 is 0 Å². The Morgan fingerprint density at radius 2 is 2.00 bits per heavy atom. The molecule has 0 spiro atoms. The van der Waals surface area contributed by atoms with Crippen LogP contribution in [0.1, 0.15) is 45.5 Å². The van der Waals surface area contributed by atoms with Gasteiger partial charge >= 0.3 is 0 Å². The zero-order valence-electron chi connectivity index (χ0n) is 11.7. The van der Waals surface area contributed by atoms with Gasteiger partial charge < -0.3 is 5.32 Å². The van der Waals surface area contributed by atoms with Crippen molar-refractivity contribution in [2.75, 3.05) is 5.88 Å². The molecular formula is C13H23Cl2N3. The van der Waals surface area contributed by atoms with Crippen LogP contribution in [0.25, 0.3) is 0 Å². The van der Waals surface area contributed by atoms with Crippen molar-refractivity contribution in [3.8, 4) is 0 Å². The highest BCUT2D eigenvalue weighted by Crippen LogP contribution is 2.22. The normalized spacial score (nSPS) is 14.8. The number of rotatable bonds is 7. The molecule has 0 radical (unpaired) electrons. The first-order valence-electron chi connectivity index (χ1n) is 6.56. The van der Waals surface area contributed by atoms with Gasteiger partial charge in [-0.05, 0) is 26.7 Å². The molecule has 0 aliphatic rings. The molecule has 3 nitrogen and oxygen atoms in total. The van der Waals surface area contributed by atoms with Crippen LogP contribution >= 0.6 is 23.2 Å². The summed E-state index contributed by atoms with van der Waals surface area (Å²) in [5, 5.41) is 8.79. The average Bonchev–Trinajstić information content (AvgIpc) is 2.72. The summed E-state index contributed by atoms with van der Waals surface area (Å²) in [5.74, 6) is 0.585. The van der Waals surface area contributed by atoms with Crippen LogP contribution in [0.4, 0.5) is 0 Å². The third-order valence-electron chi connectivity index (χ3n) is 3.45. The van der Waals surface area contributed by atoms with Crippen LogP contribution in [0.5, 0.6) is 0 Å². The summed E-state index contributed by atoms with van der Waals surface area (Å²) in [7, 11) is 0. The molecule has 1 rings (SSSR count). The molecule has 0 saturated heterocycles. The molecular weight excluding hydrogens is 269 g/mol. The highest BCUT2D eigenvalue weighted by Gasteiger charge is 2.22. The van der Waals surface area contributed by atoms with Gasteiger partial charge in [0.15, 0.2) is 0 Å². The van der Waals surface area contributed by atoms with Crippen LogP contribution in [0, 0.1) is 0 Å². The van der Waals surface area contributed by atoms with Gasteiger partial charge in [-0.3, -0.25) is 4.68 Å². The molecule has 18 heavy (non-hydrogen) atoms. The van der Waals surface area contributed by atoms with Crippen molar-refractivity contribution in [3.05, 3.63) is 16.4 Å². The standard InChI is InChI=1S/C13H23Cl2N3/c1-5-10-12(15)11(18(7-3)17-10)8-16-13(4,6-2)9-14/h16H,5-9H2,1-4H3. The van der Waals surface area contributed by atoms with Crippen LogP contribution in [0.2, 0.25) is 5.02 Å². The molecule has 0 saturated carbocycles. The van der Waals surface area contributed by atoms with E-state index in [2.05, 4.69) is 38.1 Å². The second-order valence-corrected chi connectivity index (χ2v) is 5.42. The maximum atomic E-state index is 6.37. The minimum absolute atomic E-state index is 0.0555. The van der Waals surface area contributed by atoms with E-state index in [0.29, 0.717) is 12.4 Å². The fourth-order valence-corrected chi connectivity index (χ4v) is 2.37. The van der Waals surface area contributed by atoms with E-state index in [-0.39, 0.29) is 5.54 Å². The summed E-state index contributed by atoms with van der Waals surface area (Å²) in [6, 6.07) is 0. The molecule has 0 aliphatic carbocycles. The van der Waals surface area contributed by atoms with Crippen molar-refractivity contribution >= 4 is 23.2 Å². The molecule has 0 fully saturated rings. The van der Waals surface area contributed by atoms with Crippen LogP contribution in [0.3, 0.4) is 0 Å². The Morgan fingerprint density at radius 1 is 1.33 bits per heavy atom. The summed E-state index contributed by atoms with van der Waals surface area (Å²) < 4.78 is 1.97. The second kappa shape index (κ2) is 6.78. The summed E-state index contributed by atoms with van der Waals surface area (Å²) in [5.41, 5.74) is 1.97. The van der Waals surface area contributed by atoms with Gasteiger partial charge in [0.2, 0.25) is 0 Å². The first-order chi connectivity index (χ1) is 8.51. The second-order valence-electron chi connectivity index (χ2n) is 4.78. The molecule has 0 aromatic carbocycles.